The third-order valence-corrected chi connectivity index (χ3v) is 3.96. The first-order chi connectivity index (χ1) is 12.2. The average Bonchev–Trinajstić information content (AvgIpc) is 2.58. The smallest absolute Gasteiger partial charge is 0.338 e. The van der Waals surface area contributed by atoms with Gasteiger partial charge in [-0.25, -0.2) is 4.79 Å². The van der Waals surface area contributed by atoms with Gasteiger partial charge in [0.25, 0.3) is 5.91 Å². The number of hydrogen-bond donors (Lipinski definition) is 1. The lowest BCUT2D eigenvalue weighted by molar-refractivity contribution is -0.387. The van der Waals surface area contributed by atoms with Gasteiger partial charge in [0.15, 0.2) is 6.10 Å². The van der Waals surface area contributed by atoms with Crippen molar-refractivity contribution in [3.63, 3.8) is 0 Å². The predicted molar refractivity (Wildman–Crippen MR) is 93.0 cm³/mol. The molecule has 10 heteroatoms. The van der Waals surface area contributed by atoms with E-state index in [0.717, 1.165) is 18.2 Å². The highest BCUT2D eigenvalue weighted by molar-refractivity contribution is 6.42. The number of rotatable bonds is 5. The molecule has 0 saturated carbocycles. The Kier molecular flexibility index (Phi) is 6.12. The van der Waals surface area contributed by atoms with E-state index >= 15 is 0 Å². The fraction of sp³-hybridized carbons (Fsp3) is 0.125. The Balaban J connectivity index is 2.05. The lowest BCUT2D eigenvalue weighted by atomic mass is 10.2. The molecule has 1 N–H and O–H groups in total. The van der Waals surface area contributed by atoms with Crippen LogP contribution in [-0.2, 0) is 9.53 Å². The van der Waals surface area contributed by atoms with Crippen molar-refractivity contribution in [3.8, 4) is 0 Å². The van der Waals surface area contributed by atoms with Gasteiger partial charge in [-0.3, -0.25) is 14.9 Å². The van der Waals surface area contributed by atoms with Crippen molar-refractivity contribution in [2.24, 2.45) is 0 Å². The Morgan fingerprint density at radius 1 is 1.19 bits per heavy atom. The number of ether oxygens (including phenoxy) is 1. The number of halogens is 3. The molecule has 0 unspecified atom stereocenters. The van der Waals surface area contributed by atoms with Gasteiger partial charge in [-0.05, 0) is 37.3 Å². The number of nitrogens with zero attached hydrogens (tertiary/aromatic N) is 1. The quantitative estimate of drug-likeness (QED) is 0.460. The van der Waals surface area contributed by atoms with Crippen molar-refractivity contribution < 1.29 is 23.6 Å². The molecule has 0 aliphatic heterocycles. The van der Waals surface area contributed by atoms with Crippen LogP contribution in [0.4, 0.5) is 15.8 Å². The minimum atomic E-state index is -1.22. The number of benzene rings is 2. The summed E-state index contributed by atoms with van der Waals surface area (Å²) >= 11 is 11.6. The van der Waals surface area contributed by atoms with Crippen LogP contribution in [-0.4, -0.2) is 22.9 Å². The van der Waals surface area contributed by atoms with E-state index in [1.165, 1.54) is 25.1 Å². The summed E-state index contributed by atoms with van der Waals surface area (Å²) in [5.41, 5.74) is -0.708. The van der Waals surface area contributed by atoms with Crippen LogP contribution in [0.2, 0.25) is 10.0 Å². The minimum Gasteiger partial charge on any atom is -0.449 e. The van der Waals surface area contributed by atoms with Gasteiger partial charge in [0, 0.05) is 11.8 Å². The Bertz CT molecular complexity index is 891. The van der Waals surface area contributed by atoms with Gasteiger partial charge in [-0.2, -0.15) is 4.39 Å². The Morgan fingerprint density at radius 3 is 2.50 bits per heavy atom. The molecule has 2 aromatic rings. The second kappa shape index (κ2) is 8.11. The summed E-state index contributed by atoms with van der Waals surface area (Å²) in [7, 11) is 0. The molecule has 26 heavy (non-hydrogen) atoms. The van der Waals surface area contributed by atoms with Crippen molar-refractivity contribution >= 4 is 46.5 Å². The topological polar surface area (TPSA) is 98.5 Å². The molecule has 1 atom stereocenters. The zero-order valence-electron chi connectivity index (χ0n) is 13.2. The SMILES string of the molecule is C[C@@H](OC(=O)c1ccc(Cl)c(Cl)c1)C(=O)Nc1ccc(F)c([N+](=O)[O-])c1. The van der Waals surface area contributed by atoms with E-state index in [0.29, 0.717) is 0 Å². The number of anilines is 1. The molecule has 0 aliphatic carbocycles. The molecule has 0 saturated heterocycles. The number of nitro benzene ring substituents is 1. The maximum Gasteiger partial charge on any atom is 0.338 e. The largest absolute Gasteiger partial charge is 0.449 e. The molecule has 1 amide bonds. The van der Waals surface area contributed by atoms with E-state index in [1.807, 2.05) is 0 Å². The van der Waals surface area contributed by atoms with Gasteiger partial charge < -0.3 is 10.1 Å². The van der Waals surface area contributed by atoms with Gasteiger partial charge in [-0.1, -0.05) is 23.2 Å². The molecular formula is C16H11Cl2FN2O5. The Labute approximate surface area is 156 Å². The molecule has 0 spiro atoms. The molecule has 0 aromatic heterocycles. The van der Waals surface area contributed by atoms with Gasteiger partial charge in [0.2, 0.25) is 5.82 Å². The van der Waals surface area contributed by atoms with E-state index in [4.69, 9.17) is 27.9 Å². The predicted octanol–water partition coefficient (Wildman–Crippen LogP) is 4.22. The average molecular weight is 401 g/mol. The molecular weight excluding hydrogens is 390 g/mol. The van der Waals surface area contributed by atoms with Crippen LogP contribution in [0, 0.1) is 15.9 Å². The molecule has 0 bridgehead atoms. The second-order valence-corrected chi connectivity index (χ2v) is 5.90. The van der Waals surface area contributed by atoms with E-state index in [2.05, 4.69) is 5.32 Å². The highest BCUT2D eigenvalue weighted by atomic mass is 35.5. The number of amides is 1. The highest BCUT2D eigenvalue weighted by Crippen LogP contribution is 2.24. The number of esters is 1. The first-order valence-electron chi connectivity index (χ1n) is 7.10. The van der Waals surface area contributed by atoms with Gasteiger partial charge >= 0.3 is 11.7 Å². The molecule has 2 aromatic carbocycles. The number of carbonyl (C=O) groups excluding carboxylic acids is 2. The number of nitrogens with one attached hydrogen (secondary N) is 1. The fourth-order valence-corrected chi connectivity index (χ4v) is 2.18. The summed E-state index contributed by atoms with van der Waals surface area (Å²) < 4.78 is 18.3. The third-order valence-electron chi connectivity index (χ3n) is 3.22. The molecule has 0 heterocycles. The first-order valence-corrected chi connectivity index (χ1v) is 7.85. The normalized spacial score (nSPS) is 11.5. The summed E-state index contributed by atoms with van der Waals surface area (Å²) in [6.07, 6.45) is -1.22. The monoisotopic (exact) mass is 400 g/mol. The Hall–Kier alpha value is -2.71. The summed E-state index contributed by atoms with van der Waals surface area (Å²) in [4.78, 5) is 33.9. The Morgan fingerprint density at radius 2 is 1.88 bits per heavy atom. The lowest BCUT2D eigenvalue weighted by Gasteiger charge is -2.14. The lowest BCUT2D eigenvalue weighted by Crippen LogP contribution is -2.30. The molecule has 0 radical (unpaired) electrons. The standard InChI is InChI=1S/C16H11Cl2FN2O5/c1-8(26-16(23)9-2-4-11(17)12(18)6-9)15(22)20-10-3-5-13(19)14(7-10)21(24)25/h2-8H,1H3,(H,20,22)/t8-/m1/s1. The first kappa shape index (κ1) is 19.6. The van der Waals surface area contributed by atoms with Gasteiger partial charge in [0.05, 0.1) is 20.5 Å². The maximum absolute atomic E-state index is 13.3. The third kappa shape index (κ3) is 4.68. The zero-order valence-corrected chi connectivity index (χ0v) is 14.7. The molecule has 136 valence electrons. The maximum atomic E-state index is 13.3. The highest BCUT2D eigenvalue weighted by Gasteiger charge is 2.21. The second-order valence-electron chi connectivity index (χ2n) is 5.09. The summed E-state index contributed by atoms with van der Waals surface area (Å²) in [5.74, 6) is -2.59. The number of hydrogen-bond acceptors (Lipinski definition) is 5. The van der Waals surface area contributed by atoms with Crippen LogP contribution in [0.1, 0.15) is 17.3 Å². The van der Waals surface area contributed by atoms with Crippen molar-refractivity contribution in [1.29, 1.82) is 0 Å². The van der Waals surface area contributed by atoms with Crippen LogP contribution in [0.15, 0.2) is 36.4 Å². The molecule has 2 rings (SSSR count). The van der Waals surface area contributed by atoms with Crippen LogP contribution < -0.4 is 5.32 Å². The van der Waals surface area contributed by atoms with Crippen LogP contribution in [0.25, 0.3) is 0 Å². The summed E-state index contributed by atoms with van der Waals surface area (Å²) in [6.45, 7) is 1.31. The van der Waals surface area contributed by atoms with Crippen LogP contribution in [0.3, 0.4) is 0 Å². The van der Waals surface area contributed by atoms with E-state index < -0.39 is 34.4 Å². The van der Waals surface area contributed by atoms with Gasteiger partial charge in [-0.15, -0.1) is 0 Å². The zero-order chi connectivity index (χ0) is 19.4. The fourth-order valence-electron chi connectivity index (χ4n) is 1.88. The van der Waals surface area contributed by atoms with Crippen molar-refractivity contribution in [1.82, 2.24) is 0 Å². The van der Waals surface area contributed by atoms with Crippen molar-refractivity contribution in [2.75, 3.05) is 5.32 Å². The summed E-state index contributed by atoms with van der Waals surface area (Å²) in [6, 6.07) is 6.93. The number of nitro groups is 1. The van der Waals surface area contributed by atoms with Crippen LogP contribution in [0.5, 0.6) is 0 Å². The van der Waals surface area contributed by atoms with Crippen molar-refractivity contribution in [2.45, 2.75) is 13.0 Å². The molecule has 0 aliphatic rings. The van der Waals surface area contributed by atoms with E-state index in [1.54, 1.807) is 0 Å². The molecule has 7 nitrogen and oxygen atoms in total. The van der Waals surface area contributed by atoms with E-state index in [-0.39, 0.29) is 21.3 Å². The van der Waals surface area contributed by atoms with Crippen LogP contribution >= 0.6 is 23.2 Å². The van der Waals surface area contributed by atoms with Gasteiger partial charge in [0.1, 0.15) is 0 Å². The molecule has 0 fully saturated rings. The number of carbonyl (C=O) groups is 2. The van der Waals surface area contributed by atoms with E-state index in [9.17, 15) is 24.1 Å². The van der Waals surface area contributed by atoms with Crippen molar-refractivity contribution in [3.05, 3.63) is 67.9 Å². The summed E-state index contributed by atoms with van der Waals surface area (Å²) in [5, 5.41) is 13.4. The minimum absolute atomic E-state index is 0.0134.